The lowest BCUT2D eigenvalue weighted by molar-refractivity contribution is 0.0618. The first-order valence-corrected chi connectivity index (χ1v) is 8.17. The Morgan fingerprint density at radius 2 is 2.19 bits per heavy atom. The summed E-state index contributed by atoms with van der Waals surface area (Å²) in [5.41, 5.74) is 1.37. The minimum absolute atomic E-state index is 0.0673. The number of H-pyrrole nitrogens is 1. The number of benzene rings is 1. The van der Waals surface area contributed by atoms with Gasteiger partial charge in [0.05, 0.1) is 5.52 Å². The molecule has 0 spiro atoms. The molecular formula is C15H17BrN4O. The molecule has 4 heterocycles. The van der Waals surface area contributed by atoms with Crippen molar-refractivity contribution in [3.8, 4) is 0 Å². The van der Waals surface area contributed by atoms with Crippen molar-refractivity contribution in [2.75, 3.05) is 19.6 Å². The van der Waals surface area contributed by atoms with Crippen LogP contribution in [0.3, 0.4) is 0 Å². The molecule has 2 aromatic rings. The summed E-state index contributed by atoms with van der Waals surface area (Å²) in [5, 5.41) is 11.2. The molecule has 2 bridgehead atoms. The Morgan fingerprint density at radius 3 is 2.90 bits per heavy atom. The predicted octanol–water partition coefficient (Wildman–Crippen LogP) is 2.15. The fourth-order valence-corrected chi connectivity index (χ4v) is 3.89. The molecule has 1 amide bonds. The minimum atomic E-state index is -0.0673. The van der Waals surface area contributed by atoms with E-state index in [1.807, 2.05) is 18.2 Å². The molecule has 1 unspecified atom stereocenters. The van der Waals surface area contributed by atoms with Crippen LogP contribution in [0.4, 0.5) is 0 Å². The number of amides is 1. The van der Waals surface area contributed by atoms with Gasteiger partial charge in [-0.25, -0.2) is 0 Å². The van der Waals surface area contributed by atoms with Gasteiger partial charge in [0.2, 0.25) is 0 Å². The minimum Gasteiger partial charge on any atom is -0.346 e. The zero-order chi connectivity index (χ0) is 14.4. The fourth-order valence-electron chi connectivity index (χ4n) is 3.53. The van der Waals surface area contributed by atoms with Crippen molar-refractivity contribution < 1.29 is 4.79 Å². The molecule has 3 aliphatic heterocycles. The number of nitrogens with zero attached hydrogens (tertiary/aromatic N) is 2. The second-order valence-corrected chi connectivity index (χ2v) is 6.90. The number of hydrogen-bond acceptors (Lipinski definition) is 3. The lowest BCUT2D eigenvalue weighted by atomic mass is 9.84. The van der Waals surface area contributed by atoms with Crippen molar-refractivity contribution in [3.63, 3.8) is 0 Å². The zero-order valence-corrected chi connectivity index (χ0v) is 13.2. The normalized spacial score (nSPS) is 28.0. The van der Waals surface area contributed by atoms with Gasteiger partial charge in [0.15, 0.2) is 5.69 Å². The van der Waals surface area contributed by atoms with Gasteiger partial charge in [-0.2, -0.15) is 5.10 Å². The van der Waals surface area contributed by atoms with Crippen LogP contribution >= 0.6 is 15.9 Å². The average molecular weight is 349 g/mol. The number of nitrogens with one attached hydrogen (secondary N) is 2. The van der Waals surface area contributed by atoms with E-state index in [4.69, 9.17) is 0 Å². The monoisotopic (exact) mass is 348 g/mol. The SMILES string of the molecule is O=C(NC1CN2CCC1CC2)c1n[nH]c2cc(Br)ccc12. The molecule has 2 N–H and O–H groups in total. The van der Waals surface area contributed by atoms with E-state index in [0.717, 1.165) is 21.9 Å². The molecule has 0 aliphatic carbocycles. The van der Waals surface area contributed by atoms with E-state index >= 15 is 0 Å². The van der Waals surface area contributed by atoms with E-state index in [0.29, 0.717) is 11.6 Å². The van der Waals surface area contributed by atoms with Crippen LogP contribution in [-0.2, 0) is 0 Å². The van der Waals surface area contributed by atoms with E-state index < -0.39 is 0 Å². The van der Waals surface area contributed by atoms with Gasteiger partial charge >= 0.3 is 0 Å². The highest BCUT2D eigenvalue weighted by molar-refractivity contribution is 9.10. The van der Waals surface area contributed by atoms with Gasteiger partial charge in [-0.05, 0) is 50.0 Å². The summed E-state index contributed by atoms with van der Waals surface area (Å²) in [6.07, 6.45) is 2.39. The van der Waals surface area contributed by atoms with E-state index in [1.54, 1.807) is 0 Å². The van der Waals surface area contributed by atoms with Gasteiger partial charge in [0.25, 0.3) is 5.91 Å². The summed E-state index contributed by atoms with van der Waals surface area (Å²) < 4.78 is 0.975. The topological polar surface area (TPSA) is 61.0 Å². The molecule has 1 aromatic carbocycles. The first-order chi connectivity index (χ1) is 10.2. The van der Waals surface area contributed by atoms with Gasteiger partial charge in [0.1, 0.15) is 0 Å². The van der Waals surface area contributed by atoms with Gasteiger partial charge in [-0.15, -0.1) is 0 Å². The van der Waals surface area contributed by atoms with Crippen molar-refractivity contribution in [2.24, 2.45) is 5.92 Å². The first kappa shape index (κ1) is 13.3. The van der Waals surface area contributed by atoms with Gasteiger partial charge in [-0.3, -0.25) is 9.89 Å². The molecule has 110 valence electrons. The standard InChI is InChI=1S/C15H17BrN4O/c16-10-1-2-11-12(7-10)18-19-14(11)15(21)17-13-8-20-5-3-9(13)4-6-20/h1-2,7,9,13H,3-6,8H2,(H,17,21)(H,18,19). The Labute approximate surface area is 131 Å². The van der Waals surface area contributed by atoms with Gasteiger partial charge in [0, 0.05) is 22.4 Å². The van der Waals surface area contributed by atoms with Crippen molar-refractivity contribution in [1.82, 2.24) is 20.4 Å². The first-order valence-electron chi connectivity index (χ1n) is 7.37. The van der Waals surface area contributed by atoms with Crippen molar-refractivity contribution in [2.45, 2.75) is 18.9 Å². The second-order valence-electron chi connectivity index (χ2n) is 5.98. The highest BCUT2D eigenvalue weighted by Gasteiger charge is 2.35. The number of aromatic nitrogens is 2. The van der Waals surface area contributed by atoms with Crippen LogP contribution < -0.4 is 5.32 Å². The number of carbonyl (C=O) groups is 1. The number of aromatic amines is 1. The lowest BCUT2D eigenvalue weighted by Crippen LogP contribution is -2.57. The smallest absolute Gasteiger partial charge is 0.272 e. The summed E-state index contributed by atoms with van der Waals surface area (Å²) >= 11 is 3.43. The number of carbonyl (C=O) groups excluding carboxylic acids is 1. The maximum absolute atomic E-state index is 12.5. The molecule has 0 saturated carbocycles. The molecule has 3 saturated heterocycles. The van der Waals surface area contributed by atoms with Gasteiger partial charge in [-0.1, -0.05) is 15.9 Å². The van der Waals surface area contributed by atoms with Crippen LogP contribution in [0, 0.1) is 5.92 Å². The second kappa shape index (κ2) is 5.10. The highest BCUT2D eigenvalue weighted by Crippen LogP contribution is 2.28. The maximum Gasteiger partial charge on any atom is 0.272 e. The summed E-state index contributed by atoms with van der Waals surface area (Å²) in [7, 11) is 0. The molecule has 21 heavy (non-hydrogen) atoms. The zero-order valence-electron chi connectivity index (χ0n) is 11.6. The van der Waals surface area contributed by atoms with E-state index in [-0.39, 0.29) is 11.9 Å². The molecule has 0 radical (unpaired) electrons. The Balaban J connectivity index is 1.56. The summed E-state index contributed by atoms with van der Waals surface area (Å²) in [6, 6.07) is 6.06. The van der Waals surface area contributed by atoms with Crippen molar-refractivity contribution in [1.29, 1.82) is 0 Å². The van der Waals surface area contributed by atoms with E-state index in [2.05, 4.69) is 36.3 Å². The molecule has 1 aromatic heterocycles. The molecule has 5 rings (SSSR count). The third kappa shape index (κ3) is 2.36. The van der Waals surface area contributed by atoms with Crippen LogP contribution in [0.25, 0.3) is 10.9 Å². The van der Waals surface area contributed by atoms with Crippen molar-refractivity contribution >= 4 is 32.7 Å². The number of halogens is 1. The lowest BCUT2D eigenvalue weighted by Gasteiger charge is -2.44. The van der Waals surface area contributed by atoms with Gasteiger partial charge < -0.3 is 10.2 Å². The molecule has 3 aliphatic rings. The third-order valence-corrected chi connectivity index (χ3v) is 5.21. The van der Waals surface area contributed by atoms with Crippen LogP contribution in [0.5, 0.6) is 0 Å². The largest absolute Gasteiger partial charge is 0.346 e. The number of piperidine rings is 3. The molecule has 3 fully saturated rings. The average Bonchev–Trinajstić information content (AvgIpc) is 2.91. The quantitative estimate of drug-likeness (QED) is 0.874. The number of rotatable bonds is 2. The molecule has 1 atom stereocenters. The van der Waals surface area contributed by atoms with E-state index in [9.17, 15) is 4.79 Å². The van der Waals surface area contributed by atoms with Crippen LogP contribution in [0.2, 0.25) is 0 Å². The predicted molar refractivity (Wildman–Crippen MR) is 84.2 cm³/mol. The Hall–Kier alpha value is -1.40. The molecule has 5 nitrogen and oxygen atoms in total. The third-order valence-electron chi connectivity index (χ3n) is 4.71. The molecular weight excluding hydrogens is 332 g/mol. The van der Waals surface area contributed by atoms with E-state index in [1.165, 1.54) is 25.9 Å². The van der Waals surface area contributed by atoms with Crippen LogP contribution in [0.15, 0.2) is 22.7 Å². The van der Waals surface area contributed by atoms with Crippen LogP contribution in [-0.4, -0.2) is 46.7 Å². The summed E-state index contributed by atoms with van der Waals surface area (Å²) in [4.78, 5) is 15.0. The number of fused-ring (bicyclic) bond motifs is 4. The van der Waals surface area contributed by atoms with Crippen LogP contribution in [0.1, 0.15) is 23.3 Å². The maximum atomic E-state index is 12.5. The highest BCUT2D eigenvalue weighted by atomic mass is 79.9. The summed E-state index contributed by atoms with van der Waals surface area (Å²) in [6.45, 7) is 3.33. The summed E-state index contributed by atoms with van der Waals surface area (Å²) in [5.74, 6) is 0.556. The number of hydrogen-bond donors (Lipinski definition) is 2. The Morgan fingerprint density at radius 1 is 1.38 bits per heavy atom. The Kier molecular flexibility index (Phi) is 3.23. The van der Waals surface area contributed by atoms with Crippen molar-refractivity contribution in [3.05, 3.63) is 28.4 Å². The Bertz CT molecular complexity index is 690. The molecule has 6 heteroatoms. The fraction of sp³-hybridized carbons (Fsp3) is 0.467.